The van der Waals surface area contributed by atoms with Crippen molar-refractivity contribution in [1.82, 2.24) is 4.90 Å². The molecule has 1 aliphatic heterocycles. The Balaban J connectivity index is 1.93. The molecule has 1 aromatic rings. The maximum atomic E-state index is 12.4. The van der Waals surface area contributed by atoms with Gasteiger partial charge >= 0.3 is 0 Å². The third-order valence-electron chi connectivity index (χ3n) is 4.33. The highest BCUT2D eigenvalue weighted by Crippen LogP contribution is 2.24. The lowest BCUT2D eigenvalue weighted by atomic mass is 9.92. The van der Waals surface area contributed by atoms with Crippen LogP contribution in [0.1, 0.15) is 49.8 Å². The van der Waals surface area contributed by atoms with Crippen molar-refractivity contribution in [3.63, 3.8) is 0 Å². The number of hydrogen-bond acceptors (Lipinski definition) is 2. The number of piperidine rings is 1. The second kappa shape index (κ2) is 6.89. The van der Waals surface area contributed by atoms with Gasteiger partial charge in [-0.15, -0.1) is 0 Å². The van der Waals surface area contributed by atoms with E-state index >= 15 is 0 Å². The number of benzene rings is 1. The van der Waals surface area contributed by atoms with E-state index in [4.69, 9.17) is 5.73 Å². The van der Waals surface area contributed by atoms with Crippen LogP contribution in [0.15, 0.2) is 24.3 Å². The summed E-state index contributed by atoms with van der Waals surface area (Å²) >= 11 is 0. The molecule has 3 nitrogen and oxygen atoms in total. The van der Waals surface area contributed by atoms with Gasteiger partial charge in [-0.25, -0.2) is 0 Å². The van der Waals surface area contributed by atoms with E-state index in [2.05, 4.69) is 6.92 Å². The van der Waals surface area contributed by atoms with Crippen molar-refractivity contribution in [1.29, 1.82) is 0 Å². The molecule has 0 saturated carbocycles. The molecule has 1 atom stereocenters. The Labute approximate surface area is 122 Å². The van der Waals surface area contributed by atoms with Gasteiger partial charge in [0.25, 0.3) is 0 Å². The largest absolute Gasteiger partial charge is 0.341 e. The molecule has 1 heterocycles. The normalized spacial score (nSPS) is 18.1. The zero-order valence-corrected chi connectivity index (χ0v) is 12.6. The highest BCUT2D eigenvalue weighted by molar-refractivity contribution is 5.83. The van der Waals surface area contributed by atoms with Crippen LogP contribution >= 0.6 is 0 Å². The quantitative estimate of drug-likeness (QED) is 0.917. The average Bonchev–Trinajstić information content (AvgIpc) is 2.48. The SMILES string of the molecule is CCCC1CCN(C(=O)C(N)c2ccc(C)cc2)CC1. The first-order valence-electron chi connectivity index (χ1n) is 7.72. The standard InChI is InChI=1S/C17H26N2O/c1-3-4-14-9-11-19(12-10-14)17(20)16(18)15-7-5-13(2)6-8-15/h5-8,14,16H,3-4,9-12,18H2,1-2H3. The van der Waals surface area contributed by atoms with Gasteiger partial charge in [-0.05, 0) is 31.2 Å². The molecule has 0 radical (unpaired) electrons. The van der Waals surface area contributed by atoms with Gasteiger partial charge in [-0.1, -0.05) is 49.6 Å². The van der Waals surface area contributed by atoms with Crippen LogP contribution in [0.3, 0.4) is 0 Å². The minimum atomic E-state index is -0.515. The minimum Gasteiger partial charge on any atom is -0.341 e. The topological polar surface area (TPSA) is 46.3 Å². The van der Waals surface area contributed by atoms with Crippen LogP contribution in [0.25, 0.3) is 0 Å². The van der Waals surface area contributed by atoms with Crippen LogP contribution in [-0.2, 0) is 4.79 Å². The predicted molar refractivity (Wildman–Crippen MR) is 82.3 cm³/mol. The molecule has 1 aliphatic rings. The Bertz CT molecular complexity index is 433. The number of nitrogens with zero attached hydrogens (tertiary/aromatic N) is 1. The molecule has 1 aromatic carbocycles. The average molecular weight is 274 g/mol. The smallest absolute Gasteiger partial charge is 0.244 e. The molecule has 0 aliphatic carbocycles. The molecule has 0 spiro atoms. The van der Waals surface area contributed by atoms with Crippen molar-refractivity contribution in [2.45, 2.75) is 45.6 Å². The first-order chi connectivity index (χ1) is 9.61. The van der Waals surface area contributed by atoms with E-state index in [1.54, 1.807) is 0 Å². The Morgan fingerprint density at radius 2 is 1.90 bits per heavy atom. The van der Waals surface area contributed by atoms with Gasteiger partial charge in [0.15, 0.2) is 0 Å². The number of rotatable bonds is 4. The van der Waals surface area contributed by atoms with E-state index in [1.807, 2.05) is 36.1 Å². The lowest BCUT2D eigenvalue weighted by molar-refractivity contribution is -0.134. The fraction of sp³-hybridized carbons (Fsp3) is 0.588. The Kier molecular flexibility index (Phi) is 5.18. The van der Waals surface area contributed by atoms with E-state index < -0.39 is 6.04 Å². The van der Waals surface area contributed by atoms with Crippen molar-refractivity contribution in [2.75, 3.05) is 13.1 Å². The second-order valence-corrected chi connectivity index (χ2v) is 5.95. The van der Waals surface area contributed by atoms with E-state index in [0.29, 0.717) is 0 Å². The summed E-state index contributed by atoms with van der Waals surface area (Å²) in [6, 6.07) is 7.42. The van der Waals surface area contributed by atoms with Crippen LogP contribution < -0.4 is 5.73 Å². The fourth-order valence-electron chi connectivity index (χ4n) is 2.96. The van der Waals surface area contributed by atoms with Crippen LogP contribution in [0.2, 0.25) is 0 Å². The van der Waals surface area contributed by atoms with Crippen LogP contribution in [0.5, 0.6) is 0 Å². The molecule has 1 unspecified atom stereocenters. The summed E-state index contributed by atoms with van der Waals surface area (Å²) < 4.78 is 0. The molecule has 1 saturated heterocycles. The molecule has 2 rings (SSSR count). The zero-order chi connectivity index (χ0) is 14.5. The molecule has 3 heteroatoms. The molecule has 1 amide bonds. The van der Waals surface area contributed by atoms with E-state index in [9.17, 15) is 4.79 Å². The van der Waals surface area contributed by atoms with Gasteiger partial charge in [0.05, 0.1) is 0 Å². The van der Waals surface area contributed by atoms with Crippen molar-refractivity contribution >= 4 is 5.91 Å². The third kappa shape index (κ3) is 3.60. The van der Waals surface area contributed by atoms with Gasteiger partial charge < -0.3 is 10.6 Å². The van der Waals surface area contributed by atoms with E-state index in [1.165, 1.54) is 18.4 Å². The molecular formula is C17H26N2O. The summed E-state index contributed by atoms with van der Waals surface area (Å²) in [5.41, 5.74) is 8.22. The molecule has 2 N–H and O–H groups in total. The first-order valence-corrected chi connectivity index (χ1v) is 7.72. The monoisotopic (exact) mass is 274 g/mol. The predicted octanol–water partition coefficient (Wildman–Crippen LogP) is 3.03. The molecule has 1 fully saturated rings. The van der Waals surface area contributed by atoms with Crippen LogP contribution in [0, 0.1) is 12.8 Å². The number of nitrogens with two attached hydrogens (primary N) is 1. The Hall–Kier alpha value is -1.35. The Morgan fingerprint density at radius 3 is 2.45 bits per heavy atom. The third-order valence-corrected chi connectivity index (χ3v) is 4.33. The lowest BCUT2D eigenvalue weighted by Crippen LogP contribution is -2.43. The first kappa shape index (κ1) is 15.0. The summed E-state index contributed by atoms with van der Waals surface area (Å²) in [5.74, 6) is 0.864. The van der Waals surface area contributed by atoms with Crippen molar-refractivity contribution in [2.24, 2.45) is 11.7 Å². The summed E-state index contributed by atoms with van der Waals surface area (Å²) in [4.78, 5) is 14.4. The molecule has 20 heavy (non-hydrogen) atoms. The highest BCUT2D eigenvalue weighted by atomic mass is 16.2. The van der Waals surface area contributed by atoms with Crippen LogP contribution in [0.4, 0.5) is 0 Å². The molecule has 0 aromatic heterocycles. The van der Waals surface area contributed by atoms with E-state index in [-0.39, 0.29) is 5.91 Å². The number of carbonyl (C=O) groups excluding carboxylic acids is 1. The van der Waals surface area contributed by atoms with Crippen molar-refractivity contribution in [3.8, 4) is 0 Å². The van der Waals surface area contributed by atoms with Crippen molar-refractivity contribution in [3.05, 3.63) is 35.4 Å². The summed E-state index contributed by atoms with van der Waals surface area (Å²) in [7, 11) is 0. The van der Waals surface area contributed by atoms with E-state index in [0.717, 1.165) is 37.4 Å². The summed E-state index contributed by atoms with van der Waals surface area (Å²) in [6.45, 7) is 5.99. The zero-order valence-electron chi connectivity index (χ0n) is 12.6. The maximum Gasteiger partial charge on any atom is 0.244 e. The van der Waals surface area contributed by atoms with Gasteiger partial charge in [0, 0.05) is 13.1 Å². The Morgan fingerprint density at radius 1 is 1.30 bits per heavy atom. The number of hydrogen-bond donors (Lipinski definition) is 1. The molecular weight excluding hydrogens is 248 g/mol. The maximum absolute atomic E-state index is 12.4. The lowest BCUT2D eigenvalue weighted by Gasteiger charge is -2.33. The molecule has 110 valence electrons. The summed E-state index contributed by atoms with van der Waals surface area (Å²) in [6.07, 6.45) is 4.77. The second-order valence-electron chi connectivity index (χ2n) is 5.95. The number of carbonyl (C=O) groups is 1. The number of amides is 1. The van der Waals surface area contributed by atoms with Gasteiger partial charge in [0.1, 0.15) is 6.04 Å². The van der Waals surface area contributed by atoms with Gasteiger partial charge in [-0.2, -0.15) is 0 Å². The van der Waals surface area contributed by atoms with Crippen LogP contribution in [-0.4, -0.2) is 23.9 Å². The summed E-state index contributed by atoms with van der Waals surface area (Å²) in [5, 5.41) is 0. The number of aryl methyl sites for hydroxylation is 1. The van der Waals surface area contributed by atoms with Gasteiger partial charge in [0.2, 0.25) is 5.91 Å². The van der Waals surface area contributed by atoms with Crippen molar-refractivity contribution < 1.29 is 4.79 Å². The fourth-order valence-corrected chi connectivity index (χ4v) is 2.96. The highest BCUT2D eigenvalue weighted by Gasteiger charge is 2.26. The van der Waals surface area contributed by atoms with Gasteiger partial charge in [-0.3, -0.25) is 4.79 Å². The molecule has 0 bridgehead atoms. The minimum absolute atomic E-state index is 0.0730. The number of likely N-dealkylation sites (tertiary alicyclic amines) is 1.